The largest absolute Gasteiger partial charge is 0.294 e. The zero-order valence-electron chi connectivity index (χ0n) is 15.8. The van der Waals surface area contributed by atoms with E-state index in [1.807, 2.05) is 26.0 Å². The highest BCUT2D eigenvalue weighted by Crippen LogP contribution is 2.48. The third kappa shape index (κ3) is 3.26. The van der Waals surface area contributed by atoms with Crippen LogP contribution in [0.4, 0.5) is 10.1 Å². The van der Waals surface area contributed by atoms with E-state index in [0.29, 0.717) is 29.1 Å². The van der Waals surface area contributed by atoms with Crippen molar-refractivity contribution in [3.8, 4) is 0 Å². The summed E-state index contributed by atoms with van der Waals surface area (Å²) in [6.45, 7) is 4.01. The van der Waals surface area contributed by atoms with Crippen LogP contribution in [0.5, 0.6) is 0 Å². The van der Waals surface area contributed by atoms with Crippen molar-refractivity contribution in [3.63, 3.8) is 0 Å². The maximum Gasteiger partial charge on any atom is 0.232 e. The molecule has 0 spiro atoms. The van der Waals surface area contributed by atoms with Gasteiger partial charge in [-0.2, -0.15) is 0 Å². The van der Waals surface area contributed by atoms with E-state index in [1.54, 1.807) is 30.3 Å². The minimum atomic E-state index is -0.469. The summed E-state index contributed by atoms with van der Waals surface area (Å²) in [4.78, 5) is 27.7. The van der Waals surface area contributed by atoms with Crippen LogP contribution in [0.15, 0.2) is 59.8 Å². The number of allylic oxidation sites excluding steroid dienone is 2. The van der Waals surface area contributed by atoms with Gasteiger partial charge in [0.05, 0.1) is 5.69 Å². The molecule has 0 bridgehead atoms. The summed E-state index contributed by atoms with van der Waals surface area (Å²) >= 11 is 6.01. The van der Waals surface area contributed by atoms with Crippen LogP contribution in [-0.2, 0) is 9.59 Å². The van der Waals surface area contributed by atoms with E-state index in [0.717, 1.165) is 5.56 Å². The van der Waals surface area contributed by atoms with Crippen molar-refractivity contribution in [1.82, 2.24) is 0 Å². The Bertz CT molecular complexity index is 994. The van der Waals surface area contributed by atoms with Crippen LogP contribution in [-0.4, -0.2) is 11.7 Å². The van der Waals surface area contributed by atoms with Gasteiger partial charge in [-0.25, -0.2) is 4.39 Å². The molecule has 0 fully saturated rings. The molecule has 1 unspecified atom stereocenters. The van der Waals surface area contributed by atoms with E-state index in [4.69, 9.17) is 11.6 Å². The van der Waals surface area contributed by atoms with Crippen LogP contribution >= 0.6 is 11.6 Å². The maximum atomic E-state index is 14.5. The highest BCUT2D eigenvalue weighted by molar-refractivity contribution is 6.30. The Morgan fingerprint density at radius 1 is 1.04 bits per heavy atom. The number of anilines is 1. The first-order valence-electron chi connectivity index (χ1n) is 9.36. The quantitative estimate of drug-likeness (QED) is 0.657. The first-order valence-corrected chi connectivity index (χ1v) is 9.74. The summed E-state index contributed by atoms with van der Waals surface area (Å²) in [5.41, 5.74) is 2.06. The molecule has 144 valence electrons. The minimum absolute atomic E-state index is 0.0278. The zero-order valence-corrected chi connectivity index (χ0v) is 16.6. The average Bonchev–Trinajstić information content (AvgIpc) is 2.62. The molecule has 2 aromatic carbocycles. The van der Waals surface area contributed by atoms with Crippen LogP contribution in [0.3, 0.4) is 0 Å². The second-order valence-corrected chi connectivity index (χ2v) is 8.73. The molecule has 4 rings (SSSR count). The Balaban J connectivity index is 1.91. The molecule has 1 amide bonds. The molecule has 1 atom stereocenters. The summed E-state index contributed by atoms with van der Waals surface area (Å²) in [6.07, 6.45) is 1.08. The van der Waals surface area contributed by atoms with Crippen LogP contribution < -0.4 is 4.90 Å². The van der Waals surface area contributed by atoms with Crippen LogP contribution in [0.25, 0.3) is 0 Å². The number of halogens is 2. The van der Waals surface area contributed by atoms with E-state index < -0.39 is 5.82 Å². The lowest BCUT2D eigenvalue weighted by Gasteiger charge is -2.43. The predicted molar refractivity (Wildman–Crippen MR) is 108 cm³/mol. The number of hydrogen-bond acceptors (Lipinski definition) is 2. The molecule has 1 heterocycles. The fourth-order valence-electron chi connectivity index (χ4n) is 4.31. The molecule has 0 saturated heterocycles. The Kier molecular flexibility index (Phi) is 4.62. The molecule has 0 N–H and O–H groups in total. The van der Waals surface area contributed by atoms with Gasteiger partial charge in [-0.15, -0.1) is 0 Å². The summed E-state index contributed by atoms with van der Waals surface area (Å²) in [5.74, 6) is -0.968. The summed E-state index contributed by atoms with van der Waals surface area (Å²) in [6, 6.07) is 13.5. The number of rotatable bonds is 2. The van der Waals surface area contributed by atoms with E-state index in [1.165, 1.54) is 11.0 Å². The Labute approximate surface area is 168 Å². The molecular formula is C23H21ClFNO2. The summed E-state index contributed by atoms with van der Waals surface area (Å²) < 4.78 is 14.5. The Morgan fingerprint density at radius 3 is 2.39 bits per heavy atom. The third-order valence-electron chi connectivity index (χ3n) is 5.51. The average molecular weight is 398 g/mol. The molecule has 2 aromatic rings. The fraction of sp³-hybridized carbons (Fsp3) is 0.304. The number of para-hydroxylation sites is 1. The maximum absolute atomic E-state index is 14.5. The number of nitrogens with zero attached hydrogens (tertiary/aromatic N) is 1. The van der Waals surface area contributed by atoms with Gasteiger partial charge in [0.15, 0.2) is 5.78 Å². The van der Waals surface area contributed by atoms with Gasteiger partial charge in [0.1, 0.15) is 5.82 Å². The van der Waals surface area contributed by atoms with Crippen molar-refractivity contribution >= 4 is 29.0 Å². The van der Waals surface area contributed by atoms with Crippen molar-refractivity contribution in [2.45, 2.75) is 39.0 Å². The molecular weight excluding hydrogens is 377 g/mol. The van der Waals surface area contributed by atoms with Gasteiger partial charge in [0.2, 0.25) is 5.91 Å². The van der Waals surface area contributed by atoms with Gasteiger partial charge in [-0.3, -0.25) is 14.5 Å². The first kappa shape index (κ1) is 18.9. The third-order valence-corrected chi connectivity index (χ3v) is 5.76. The number of Topliss-reactive ketones (excluding diaryl/α,β-unsaturated/α-hetero) is 1. The van der Waals surface area contributed by atoms with Crippen molar-refractivity contribution in [3.05, 3.63) is 76.2 Å². The standard InChI is InChI=1S/C23H21ClFNO2/c1-23(2)12-19-22(20(27)13-23)16(14-7-9-15(24)10-8-14)11-21(28)26(19)18-6-4-3-5-17(18)25/h3-10,16H,11-13H2,1-2H3. The molecule has 0 aromatic heterocycles. The molecule has 0 saturated carbocycles. The molecule has 1 aliphatic carbocycles. The summed E-state index contributed by atoms with van der Waals surface area (Å²) in [7, 11) is 0. The Morgan fingerprint density at radius 2 is 1.71 bits per heavy atom. The van der Waals surface area contributed by atoms with E-state index in [2.05, 4.69) is 0 Å². The minimum Gasteiger partial charge on any atom is -0.294 e. The fourth-order valence-corrected chi connectivity index (χ4v) is 4.43. The highest BCUT2D eigenvalue weighted by Gasteiger charge is 2.44. The smallest absolute Gasteiger partial charge is 0.232 e. The number of hydrogen-bond donors (Lipinski definition) is 0. The molecule has 3 nitrogen and oxygen atoms in total. The number of amides is 1. The molecule has 5 heteroatoms. The van der Waals surface area contributed by atoms with Crippen molar-refractivity contribution in [1.29, 1.82) is 0 Å². The van der Waals surface area contributed by atoms with Gasteiger partial charge in [0.25, 0.3) is 0 Å². The van der Waals surface area contributed by atoms with Gasteiger partial charge in [0, 0.05) is 35.1 Å². The monoisotopic (exact) mass is 397 g/mol. The normalized spacial score (nSPS) is 21.7. The lowest BCUT2D eigenvalue weighted by Crippen LogP contribution is -2.44. The second kappa shape index (κ2) is 6.85. The zero-order chi connectivity index (χ0) is 20.1. The van der Waals surface area contributed by atoms with Gasteiger partial charge in [-0.05, 0) is 41.7 Å². The number of carbonyl (C=O) groups is 2. The van der Waals surface area contributed by atoms with Crippen molar-refractivity contribution < 1.29 is 14.0 Å². The topological polar surface area (TPSA) is 37.4 Å². The van der Waals surface area contributed by atoms with E-state index in [9.17, 15) is 14.0 Å². The SMILES string of the molecule is CC1(C)CC(=O)C2=C(C1)N(c1ccccc1F)C(=O)CC2c1ccc(Cl)cc1. The van der Waals surface area contributed by atoms with Crippen LogP contribution in [0.1, 0.15) is 44.6 Å². The van der Waals surface area contributed by atoms with Crippen molar-refractivity contribution in [2.24, 2.45) is 5.41 Å². The van der Waals surface area contributed by atoms with Gasteiger partial charge in [-0.1, -0.05) is 49.7 Å². The molecule has 28 heavy (non-hydrogen) atoms. The lowest BCUT2D eigenvalue weighted by molar-refractivity contribution is -0.121. The highest BCUT2D eigenvalue weighted by atomic mass is 35.5. The molecule has 1 aliphatic heterocycles. The van der Waals surface area contributed by atoms with E-state index in [-0.39, 0.29) is 35.1 Å². The predicted octanol–water partition coefficient (Wildman–Crippen LogP) is 5.64. The van der Waals surface area contributed by atoms with Gasteiger partial charge < -0.3 is 0 Å². The summed E-state index contributed by atoms with van der Waals surface area (Å²) in [5, 5.41) is 0.601. The number of ketones is 1. The second-order valence-electron chi connectivity index (χ2n) is 8.29. The van der Waals surface area contributed by atoms with E-state index >= 15 is 0 Å². The Hall–Kier alpha value is -2.46. The number of benzene rings is 2. The van der Waals surface area contributed by atoms with Crippen LogP contribution in [0, 0.1) is 11.2 Å². The van der Waals surface area contributed by atoms with Crippen molar-refractivity contribution in [2.75, 3.05) is 4.90 Å². The molecule has 0 radical (unpaired) electrons. The first-order chi connectivity index (χ1) is 13.3. The van der Waals surface area contributed by atoms with Gasteiger partial charge >= 0.3 is 0 Å². The number of carbonyl (C=O) groups excluding carboxylic acids is 2. The van der Waals surface area contributed by atoms with Crippen LogP contribution in [0.2, 0.25) is 5.02 Å². The molecule has 2 aliphatic rings. The lowest BCUT2D eigenvalue weighted by atomic mass is 9.69.